The first-order valence-corrected chi connectivity index (χ1v) is 7.61. The molecule has 2 aliphatic carbocycles. The van der Waals surface area contributed by atoms with Crippen LogP contribution in [0.25, 0.3) is 0 Å². The van der Waals surface area contributed by atoms with Gasteiger partial charge in [0.25, 0.3) is 0 Å². The zero-order valence-corrected chi connectivity index (χ0v) is 13.2. The molecule has 3 nitrogen and oxygen atoms in total. The van der Waals surface area contributed by atoms with Gasteiger partial charge < -0.3 is 0 Å². The molecule has 0 spiro atoms. The maximum absolute atomic E-state index is 5.98. The summed E-state index contributed by atoms with van der Waals surface area (Å²) in [6.07, 6.45) is 14.1. The Morgan fingerprint density at radius 1 is 1.33 bits per heavy atom. The maximum atomic E-state index is 5.98. The van der Waals surface area contributed by atoms with E-state index in [1.807, 2.05) is 19.1 Å². The van der Waals surface area contributed by atoms with Gasteiger partial charge in [0.15, 0.2) is 0 Å². The average Bonchev–Trinajstić information content (AvgIpc) is 2.49. The van der Waals surface area contributed by atoms with Crippen LogP contribution in [0.5, 0.6) is 0 Å². The largest absolute Gasteiger partial charge is 0.271 e. The zero-order chi connectivity index (χ0) is 15.2. The van der Waals surface area contributed by atoms with Crippen LogP contribution in [0.2, 0.25) is 0 Å². The number of nitrogens with one attached hydrogen (secondary N) is 1. The molecule has 0 saturated carbocycles. The fourth-order valence-corrected chi connectivity index (χ4v) is 2.72. The number of hydrogen-bond donors (Lipinski definition) is 2. The highest BCUT2D eigenvalue weighted by Gasteiger charge is 2.17. The Labute approximate surface area is 131 Å². The van der Waals surface area contributed by atoms with E-state index < -0.39 is 0 Å². The molecular weight excluding hydrogens is 282 g/mol. The van der Waals surface area contributed by atoms with Crippen LogP contribution in [0.3, 0.4) is 0 Å². The van der Waals surface area contributed by atoms with Crippen LogP contribution in [0.15, 0.2) is 63.8 Å². The molecule has 0 radical (unpaired) electrons. The Bertz CT molecular complexity index is 565. The van der Waals surface area contributed by atoms with Crippen LogP contribution >= 0.6 is 11.6 Å². The summed E-state index contributed by atoms with van der Waals surface area (Å²) >= 11 is 5.98. The van der Waals surface area contributed by atoms with Crippen molar-refractivity contribution in [1.82, 2.24) is 5.43 Å². The molecule has 0 bridgehead atoms. The highest BCUT2D eigenvalue weighted by Crippen LogP contribution is 2.26. The lowest BCUT2D eigenvalue weighted by atomic mass is 9.95. The van der Waals surface area contributed by atoms with Crippen LogP contribution in [0.1, 0.15) is 32.6 Å². The molecule has 0 aliphatic heterocycles. The molecule has 2 rings (SSSR count). The van der Waals surface area contributed by atoms with E-state index in [4.69, 9.17) is 17.4 Å². The Morgan fingerprint density at radius 3 is 2.71 bits per heavy atom. The highest BCUT2D eigenvalue weighted by molar-refractivity contribution is 6.29. The number of hydrazine groups is 1. The molecule has 0 saturated heterocycles. The van der Waals surface area contributed by atoms with Crippen LogP contribution < -0.4 is 11.3 Å². The monoisotopic (exact) mass is 303 g/mol. The smallest absolute Gasteiger partial charge is 0.0802 e. The number of halogens is 1. The second-order valence-electron chi connectivity index (χ2n) is 5.31. The molecule has 0 aromatic carbocycles. The minimum atomic E-state index is -0.0324. The summed E-state index contributed by atoms with van der Waals surface area (Å²) in [7, 11) is 0. The number of rotatable bonds is 5. The van der Waals surface area contributed by atoms with Gasteiger partial charge >= 0.3 is 0 Å². The normalized spacial score (nSPS) is 20.5. The summed E-state index contributed by atoms with van der Waals surface area (Å²) in [4.78, 5) is 4.65. The van der Waals surface area contributed by atoms with Crippen molar-refractivity contribution in [1.29, 1.82) is 0 Å². The van der Waals surface area contributed by atoms with Gasteiger partial charge in [-0.05, 0) is 49.8 Å². The van der Waals surface area contributed by atoms with Crippen molar-refractivity contribution >= 4 is 17.3 Å². The summed E-state index contributed by atoms with van der Waals surface area (Å²) < 4.78 is 0. The summed E-state index contributed by atoms with van der Waals surface area (Å²) in [5, 5.41) is 0.882. The molecule has 112 valence electrons. The number of aliphatic imine (C=N–C) groups is 1. The topological polar surface area (TPSA) is 50.4 Å². The minimum Gasteiger partial charge on any atom is -0.271 e. The van der Waals surface area contributed by atoms with Gasteiger partial charge in [-0.25, -0.2) is 5.43 Å². The third-order valence-corrected chi connectivity index (χ3v) is 4.10. The first kappa shape index (κ1) is 16.0. The Morgan fingerprint density at radius 2 is 2.14 bits per heavy atom. The molecule has 4 heteroatoms. The molecule has 21 heavy (non-hydrogen) atoms. The van der Waals surface area contributed by atoms with Crippen molar-refractivity contribution in [3.63, 3.8) is 0 Å². The number of allylic oxidation sites excluding steroid dienone is 7. The zero-order valence-electron chi connectivity index (χ0n) is 12.4. The average molecular weight is 304 g/mol. The van der Waals surface area contributed by atoms with E-state index in [0.717, 1.165) is 47.7 Å². The maximum Gasteiger partial charge on any atom is 0.0802 e. The predicted molar refractivity (Wildman–Crippen MR) is 91.1 cm³/mol. The van der Waals surface area contributed by atoms with Crippen LogP contribution in [0.4, 0.5) is 0 Å². The summed E-state index contributed by atoms with van der Waals surface area (Å²) in [5.74, 6) is 5.71. The van der Waals surface area contributed by atoms with E-state index in [-0.39, 0.29) is 6.04 Å². The summed E-state index contributed by atoms with van der Waals surface area (Å²) in [6.45, 7) is 6.06. The highest BCUT2D eigenvalue weighted by atomic mass is 35.5. The molecule has 2 aliphatic rings. The van der Waals surface area contributed by atoms with Gasteiger partial charge in [0, 0.05) is 10.7 Å². The van der Waals surface area contributed by atoms with Crippen molar-refractivity contribution in [2.24, 2.45) is 10.8 Å². The predicted octanol–water partition coefficient (Wildman–Crippen LogP) is 3.91. The Hall–Kier alpha value is -1.42. The van der Waals surface area contributed by atoms with E-state index in [1.165, 1.54) is 5.57 Å². The van der Waals surface area contributed by atoms with Crippen LogP contribution in [0, 0.1) is 0 Å². The lowest BCUT2D eigenvalue weighted by Gasteiger charge is -2.21. The van der Waals surface area contributed by atoms with E-state index in [0.29, 0.717) is 0 Å². The fourth-order valence-electron chi connectivity index (χ4n) is 2.56. The van der Waals surface area contributed by atoms with Crippen molar-refractivity contribution in [3.8, 4) is 0 Å². The molecule has 0 aromatic heterocycles. The van der Waals surface area contributed by atoms with E-state index in [9.17, 15) is 0 Å². The van der Waals surface area contributed by atoms with Crippen molar-refractivity contribution < 1.29 is 0 Å². The van der Waals surface area contributed by atoms with E-state index in [1.54, 1.807) is 0 Å². The van der Waals surface area contributed by atoms with Gasteiger partial charge in [0.2, 0.25) is 0 Å². The SMILES string of the molecule is C=C(N=C(C)[C@@H](NN)C1=CC=CCC1)C1=CC=C(Cl)CC1. The number of nitrogens with zero attached hydrogens (tertiary/aromatic N) is 1. The van der Waals surface area contributed by atoms with Crippen LogP contribution in [-0.2, 0) is 0 Å². The third kappa shape index (κ3) is 4.27. The third-order valence-electron chi connectivity index (χ3n) is 3.78. The molecule has 1 atom stereocenters. The van der Waals surface area contributed by atoms with Crippen molar-refractivity contribution in [2.75, 3.05) is 0 Å². The quantitative estimate of drug-likeness (QED) is 0.459. The fraction of sp³-hybridized carbons (Fsp3) is 0.353. The molecule has 0 aromatic rings. The van der Waals surface area contributed by atoms with E-state index >= 15 is 0 Å². The lowest BCUT2D eigenvalue weighted by Crippen LogP contribution is -2.42. The van der Waals surface area contributed by atoms with Gasteiger partial charge in [-0.3, -0.25) is 10.8 Å². The Balaban J connectivity index is 2.13. The van der Waals surface area contributed by atoms with E-state index in [2.05, 4.69) is 35.2 Å². The lowest BCUT2D eigenvalue weighted by molar-refractivity contribution is 0.683. The first-order valence-electron chi connectivity index (χ1n) is 7.23. The van der Waals surface area contributed by atoms with Gasteiger partial charge in [0.05, 0.1) is 11.7 Å². The standard InChI is InChI=1S/C17H22ClN3/c1-12(14-8-10-16(18)11-9-14)20-13(2)17(21-19)15-6-4-3-5-7-15/h3-4,6,8,10,17,21H,1,5,7,9,11,19H2,2H3/t17-/m1/s1. The van der Waals surface area contributed by atoms with Gasteiger partial charge in [-0.2, -0.15) is 0 Å². The summed E-state index contributed by atoms with van der Waals surface area (Å²) in [6, 6.07) is -0.0324. The second kappa shape index (κ2) is 7.55. The van der Waals surface area contributed by atoms with Crippen molar-refractivity contribution in [2.45, 2.75) is 38.6 Å². The summed E-state index contributed by atoms with van der Waals surface area (Å²) in [5.41, 5.74) is 6.98. The molecular formula is C17H22ClN3. The van der Waals surface area contributed by atoms with Gasteiger partial charge in [-0.1, -0.05) is 42.5 Å². The second-order valence-corrected chi connectivity index (χ2v) is 5.80. The van der Waals surface area contributed by atoms with Gasteiger partial charge in [0.1, 0.15) is 0 Å². The molecule has 0 heterocycles. The van der Waals surface area contributed by atoms with Crippen LogP contribution in [-0.4, -0.2) is 11.8 Å². The van der Waals surface area contributed by atoms with Crippen molar-refractivity contribution in [3.05, 3.63) is 58.8 Å². The number of hydrogen-bond acceptors (Lipinski definition) is 3. The minimum absolute atomic E-state index is 0.0324. The van der Waals surface area contributed by atoms with Gasteiger partial charge in [-0.15, -0.1) is 0 Å². The molecule has 3 N–H and O–H groups in total. The Kier molecular flexibility index (Phi) is 5.74. The molecule has 0 fully saturated rings. The number of nitrogens with two attached hydrogens (primary N) is 1. The molecule has 0 unspecified atom stereocenters. The molecule has 0 amide bonds. The first-order chi connectivity index (χ1) is 10.1.